The van der Waals surface area contributed by atoms with Gasteiger partial charge in [0.05, 0.1) is 39.8 Å². The van der Waals surface area contributed by atoms with Gasteiger partial charge in [-0.25, -0.2) is 4.68 Å². The molecular weight excluding hydrogens is 546 g/mol. The maximum absolute atomic E-state index is 13.3. The Bertz CT molecular complexity index is 1580. The molecule has 0 bridgehead atoms. The molecule has 0 atom stereocenters. The van der Waals surface area contributed by atoms with Crippen molar-refractivity contribution in [3.8, 4) is 22.6 Å². The summed E-state index contributed by atoms with van der Waals surface area (Å²) >= 11 is 0. The molecule has 1 fully saturated rings. The minimum Gasteiger partial charge on any atom is -0.497 e. The van der Waals surface area contributed by atoms with Gasteiger partial charge in [-0.1, -0.05) is 24.3 Å². The van der Waals surface area contributed by atoms with E-state index in [-0.39, 0.29) is 0 Å². The van der Waals surface area contributed by atoms with Crippen LogP contribution >= 0.6 is 0 Å². The molecule has 13 heteroatoms. The number of rotatable bonds is 10. The zero-order valence-electron chi connectivity index (χ0n) is 23.2. The van der Waals surface area contributed by atoms with E-state index in [2.05, 4.69) is 20.0 Å². The number of anilines is 2. The Hall–Kier alpha value is -4.78. The Kier molecular flexibility index (Phi) is 7.82. The fourth-order valence-corrected chi connectivity index (χ4v) is 4.85. The highest BCUT2D eigenvalue weighted by atomic mass is 19.3. The van der Waals surface area contributed by atoms with Crippen LogP contribution in [0.25, 0.3) is 16.8 Å². The molecule has 6 rings (SSSR count). The molecule has 0 amide bonds. The fourth-order valence-electron chi connectivity index (χ4n) is 4.85. The predicted octanol–water partition coefficient (Wildman–Crippen LogP) is 4.44. The third-order valence-electron chi connectivity index (χ3n) is 7.09. The third kappa shape index (κ3) is 5.68. The lowest BCUT2D eigenvalue weighted by Gasteiger charge is -2.29. The van der Waals surface area contributed by atoms with Crippen LogP contribution in [-0.2, 0) is 17.8 Å². The molecule has 1 aliphatic rings. The van der Waals surface area contributed by atoms with Crippen LogP contribution < -0.4 is 19.3 Å². The van der Waals surface area contributed by atoms with E-state index in [0.29, 0.717) is 72.7 Å². The number of fused-ring (bicyclic) bond motifs is 1. The number of hydrogen-bond acceptors (Lipinski definition) is 9. The molecule has 4 heterocycles. The number of benzene rings is 2. The SMILES string of the molecule is COc1ccc(CN(Cc2ccc(OC)cc2)c2nc(N3CCOCC3)nc3c(-c4cnn(C(F)F)c4)cnn23)cc1. The van der Waals surface area contributed by atoms with Gasteiger partial charge in [0.25, 0.3) is 0 Å². The Balaban J connectivity index is 1.48. The van der Waals surface area contributed by atoms with Crippen molar-refractivity contribution >= 4 is 17.5 Å². The number of hydrogen-bond donors (Lipinski definition) is 0. The Labute approximate surface area is 240 Å². The van der Waals surface area contributed by atoms with E-state index in [9.17, 15) is 8.78 Å². The molecule has 3 aromatic heterocycles. The molecule has 2 aromatic carbocycles. The number of aromatic nitrogens is 6. The summed E-state index contributed by atoms with van der Waals surface area (Å²) in [5, 5.41) is 8.45. The second-order valence-electron chi connectivity index (χ2n) is 9.76. The van der Waals surface area contributed by atoms with Crippen LogP contribution in [0.2, 0.25) is 0 Å². The molecule has 1 aliphatic heterocycles. The van der Waals surface area contributed by atoms with Gasteiger partial charge in [0, 0.05) is 43.5 Å². The van der Waals surface area contributed by atoms with E-state index in [1.54, 1.807) is 24.9 Å². The van der Waals surface area contributed by atoms with Crippen LogP contribution in [0, 0.1) is 0 Å². The van der Waals surface area contributed by atoms with Gasteiger partial charge in [0.15, 0.2) is 5.65 Å². The normalized spacial score (nSPS) is 13.6. The number of methoxy groups -OCH3 is 2. The Morgan fingerprint density at radius 3 is 2.02 bits per heavy atom. The van der Waals surface area contributed by atoms with Gasteiger partial charge in [-0.2, -0.15) is 33.5 Å². The van der Waals surface area contributed by atoms with Crippen LogP contribution in [0.15, 0.2) is 67.1 Å². The topological polar surface area (TPSA) is 95.1 Å². The van der Waals surface area contributed by atoms with Crippen LogP contribution in [0.4, 0.5) is 20.7 Å². The first-order valence-electron chi connectivity index (χ1n) is 13.4. The van der Waals surface area contributed by atoms with Gasteiger partial charge in [0.1, 0.15) is 11.5 Å². The van der Waals surface area contributed by atoms with Crippen LogP contribution in [0.5, 0.6) is 11.5 Å². The van der Waals surface area contributed by atoms with Crippen LogP contribution in [-0.4, -0.2) is 69.9 Å². The van der Waals surface area contributed by atoms with Crippen molar-refractivity contribution in [1.82, 2.24) is 29.4 Å². The van der Waals surface area contributed by atoms with E-state index in [4.69, 9.17) is 24.2 Å². The highest BCUT2D eigenvalue weighted by Crippen LogP contribution is 2.30. The Morgan fingerprint density at radius 2 is 1.48 bits per heavy atom. The lowest BCUT2D eigenvalue weighted by molar-refractivity contribution is 0.0566. The van der Waals surface area contributed by atoms with Gasteiger partial charge < -0.3 is 24.0 Å². The number of halogens is 2. The first-order valence-corrected chi connectivity index (χ1v) is 13.4. The summed E-state index contributed by atoms with van der Waals surface area (Å²) in [4.78, 5) is 14.1. The van der Waals surface area contributed by atoms with E-state index in [1.165, 1.54) is 12.4 Å². The second kappa shape index (κ2) is 12.0. The zero-order valence-corrected chi connectivity index (χ0v) is 23.2. The summed E-state index contributed by atoms with van der Waals surface area (Å²) in [5.74, 6) is 2.60. The first-order chi connectivity index (χ1) is 20.5. The predicted molar refractivity (Wildman–Crippen MR) is 152 cm³/mol. The lowest BCUT2D eigenvalue weighted by Crippen LogP contribution is -2.38. The first kappa shape index (κ1) is 27.4. The molecule has 0 unspecified atom stereocenters. The molecule has 42 heavy (non-hydrogen) atoms. The Morgan fingerprint density at radius 1 is 0.857 bits per heavy atom. The molecule has 0 saturated carbocycles. The summed E-state index contributed by atoms with van der Waals surface area (Å²) in [7, 11) is 3.27. The monoisotopic (exact) mass is 576 g/mol. The van der Waals surface area contributed by atoms with Crippen LogP contribution in [0.1, 0.15) is 17.7 Å². The number of ether oxygens (including phenoxy) is 3. The van der Waals surface area contributed by atoms with Gasteiger partial charge in [0.2, 0.25) is 11.9 Å². The van der Waals surface area contributed by atoms with Crippen molar-refractivity contribution in [2.24, 2.45) is 0 Å². The maximum Gasteiger partial charge on any atom is 0.333 e. The molecule has 218 valence electrons. The van der Waals surface area contributed by atoms with Crippen molar-refractivity contribution < 1.29 is 23.0 Å². The largest absolute Gasteiger partial charge is 0.497 e. The van der Waals surface area contributed by atoms with Gasteiger partial charge >= 0.3 is 6.55 Å². The van der Waals surface area contributed by atoms with E-state index >= 15 is 0 Å². The van der Waals surface area contributed by atoms with Gasteiger partial charge in [-0.3, -0.25) is 0 Å². The van der Waals surface area contributed by atoms with E-state index < -0.39 is 6.55 Å². The highest BCUT2D eigenvalue weighted by molar-refractivity contribution is 5.78. The quantitative estimate of drug-likeness (QED) is 0.239. The van der Waals surface area contributed by atoms with Crippen LogP contribution in [0.3, 0.4) is 0 Å². The third-order valence-corrected chi connectivity index (χ3v) is 7.09. The molecular formula is C29H30F2N8O3. The molecule has 0 aliphatic carbocycles. The molecule has 5 aromatic rings. The van der Waals surface area contributed by atoms with Crippen molar-refractivity contribution in [1.29, 1.82) is 0 Å². The smallest absolute Gasteiger partial charge is 0.333 e. The zero-order chi connectivity index (χ0) is 29.1. The number of nitrogens with zero attached hydrogens (tertiary/aromatic N) is 8. The number of morpholine rings is 1. The molecule has 0 spiro atoms. The van der Waals surface area contributed by atoms with E-state index in [0.717, 1.165) is 22.6 Å². The summed E-state index contributed by atoms with van der Waals surface area (Å²) in [6, 6.07) is 15.7. The van der Waals surface area contributed by atoms with Crippen molar-refractivity contribution in [2.75, 3.05) is 50.3 Å². The maximum atomic E-state index is 13.3. The molecule has 0 radical (unpaired) electrons. The van der Waals surface area contributed by atoms with Gasteiger partial charge in [-0.15, -0.1) is 0 Å². The number of alkyl halides is 2. The summed E-state index contributed by atoms with van der Waals surface area (Å²) in [6.07, 6.45) is 4.30. The van der Waals surface area contributed by atoms with Gasteiger partial charge in [-0.05, 0) is 35.4 Å². The minimum atomic E-state index is -2.75. The molecule has 1 saturated heterocycles. The van der Waals surface area contributed by atoms with Crippen molar-refractivity contribution in [3.63, 3.8) is 0 Å². The highest BCUT2D eigenvalue weighted by Gasteiger charge is 2.24. The van der Waals surface area contributed by atoms with E-state index in [1.807, 2.05) is 48.5 Å². The lowest BCUT2D eigenvalue weighted by atomic mass is 10.1. The molecule has 0 N–H and O–H groups in total. The second-order valence-corrected chi connectivity index (χ2v) is 9.76. The average Bonchev–Trinajstić information content (AvgIpc) is 3.69. The summed E-state index contributed by atoms with van der Waals surface area (Å²) in [6.45, 7) is 0.613. The molecule has 11 nitrogen and oxygen atoms in total. The summed E-state index contributed by atoms with van der Waals surface area (Å²) in [5.41, 5.74) is 3.63. The minimum absolute atomic E-state index is 0.486. The fraction of sp³-hybridized carbons (Fsp3) is 0.310. The average molecular weight is 577 g/mol. The standard InChI is InChI=1S/C29H30F2N8O3/c1-40-23-7-3-20(4-8-23)17-37(18-21-5-9-24(41-2)10-6-21)29-35-28(36-11-13-42-14-12-36)34-26-25(16-33-39(26)29)22-15-32-38(19-22)27(30)31/h3-10,15-16,19,27H,11-14,17-18H2,1-2H3. The van der Waals surface area contributed by atoms with Crippen molar-refractivity contribution in [2.45, 2.75) is 19.6 Å². The summed E-state index contributed by atoms with van der Waals surface area (Å²) < 4.78 is 45.2. The van der Waals surface area contributed by atoms with Crippen molar-refractivity contribution in [3.05, 3.63) is 78.2 Å².